The zero-order chi connectivity index (χ0) is 13.8. The van der Waals surface area contributed by atoms with E-state index in [1.165, 1.54) is 10.6 Å². The predicted octanol–water partition coefficient (Wildman–Crippen LogP) is 1.10. The first-order chi connectivity index (χ1) is 9.10. The van der Waals surface area contributed by atoms with Crippen molar-refractivity contribution in [3.05, 3.63) is 64.1 Å². The van der Waals surface area contributed by atoms with Crippen LogP contribution in [0.15, 0.2) is 47.4 Å². The number of nitrogens with one attached hydrogen (secondary N) is 1. The molecule has 3 N–H and O–H groups in total. The lowest BCUT2D eigenvalue weighted by Gasteiger charge is -2.07. The van der Waals surface area contributed by atoms with Gasteiger partial charge in [-0.25, -0.2) is 0 Å². The number of hydrogen-bond donors (Lipinski definition) is 2. The van der Waals surface area contributed by atoms with Crippen LogP contribution in [0.5, 0.6) is 0 Å². The second-order valence-corrected chi connectivity index (χ2v) is 4.22. The van der Waals surface area contributed by atoms with E-state index < -0.39 is 0 Å². The summed E-state index contributed by atoms with van der Waals surface area (Å²) in [5, 5.41) is 2.74. The Morgan fingerprint density at radius 1 is 1.32 bits per heavy atom. The molecular formula is C14H15N3O2. The number of carbonyl (C=O) groups excluding carboxylic acids is 1. The zero-order valence-electron chi connectivity index (χ0n) is 10.6. The average molecular weight is 257 g/mol. The van der Waals surface area contributed by atoms with Crippen LogP contribution in [-0.2, 0) is 13.6 Å². The topological polar surface area (TPSA) is 77.1 Å². The number of anilines is 1. The number of pyridine rings is 1. The summed E-state index contributed by atoms with van der Waals surface area (Å²) in [5.41, 5.74) is 7.25. The van der Waals surface area contributed by atoms with Crippen LogP contribution >= 0.6 is 0 Å². The van der Waals surface area contributed by atoms with E-state index in [2.05, 4.69) is 5.32 Å². The normalized spacial score (nSPS) is 10.2. The Morgan fingerprint density at radius 3 is 2.79 bits per heavy atom. The van der Waals surface area contributed by atoms with Gasteiger partial charge in [0.2, 0.25) is 0 Å². The van der Waals surface area contributed by atoms with Crippen molar-refractivity contribution in [3.8, 4) is 0 Å². The minimum atomic E-state index is -0.313. The van der Waals surface area contributed by atoms with Crippen molar-refractivity contribution in [1.82, 2.24) is 4.57 Å². The summed E-state index contributed by atoms with van der Waals surface area (Å²) in [6.45, 7) is 0.412. The fraction of sp³-hybridized carbons (Fsp3) is 0.143. The Bertz CT molecular complexity index is 662. The summed E-state index contributed by atoms with van der Waals surface area (Å²) in [6, 6.07) is 10.2. The number of carbonyl (C=O) groups is 1. The molecule has 0 saturated heterocycles. The van der Waals surface area contributed by atoms with E-state index in [1.54, 1.807) is 31.4 Å². The molecule has 5 heteroatoms. The van der Waals surface area contributed by atoms with Gasteiger partial charge in [0.1, 0.15) is 0 Å². The van der Waals surface area contributed by atoms with Crippen LogP contribution in [0.4, 0.5) is 5.69 Å². The van der Waals surface area contributed by atoms with Crippen molar-refractivity contribution in [2.24, 2.45) is 12.8 Å². The molecule has 1 aromatic heterocycles. The molecule has 1 heterocycles. The molecule has 0 atom stereocenters. The molecule has 0 aliphatic rings. The first-order valence-corrected chi connectivity index (χ1v) is 5.87. The van der Waals surface area contributed by atoms with Gasteiger partial charge in [-0.2, -0.15) is 0 Å². The van der Waals surface area contributed by atoms with Crippen molar-refractivity contribution < 1.29 is 4.79 Å². The number of nitrogens with zero attached hydrogens (tertiary/aromatic N) is 1. The highest BCUT2D eigenvalue weighted by Crippen LogP contribution is 2.11. The highest BCUT2D eigenvalue weighted by molar-refractivity contribution is 6.04. The van der Waals surface area contributed by atoms with E-state index in [-0.39, 0.29) is 11.5 Å². The van der Waals surface area contributed by atoms with Gasteiger partial charge in [0.15, 0.2) is 0 Å². The fourth-order valence-electron chi connectivity index (χ4n) is 1.67. The minimum absolute atomic E-state index is 0.219. The number of aromatic nitrogens is 1. The number of nitrogens with two attached hydrogens (primary N) is 1. The summed E-state index contributed by atoms with van der Waals surface area (Å²) in [5.74, 6) is -0.313. The van der Waals surface area contributed by atoms with Gasteiger partial charge in [-0.05, 0) is 23.8 Å². The molecule has 5 nitrogen and oxygen atoms in total. The molecular weight excluding hydrogens is 242 g/mol. The van der Waals surface area contributed by atoms with E-state index in [0.29, 0.717) is 17.8 Å². The van der Waals surface area contributed by atoms with Gasteiger partial charge in [-0.3, -0.25) is 9.59 Å². The van der Waals surface area contributed by atoms with Gasteiger partial charge in [0.25, 0.3) is 11.5 Å². The van der Waals surface area contributed by atoms with E-state index >= 15 is 0 Å². The molecule has 2 aromatic rings. The molecule has 0 spiro atoms. The van der Waals surface area contributed by atoms with Crippen molar-refractivity contribution in [3.63, 3.8) is 0 Å². The van der Waals surface area contributed by atoms with E-state index in [1.807, 2.05) is 12.1 Å². The molecule has 0 bridgehead atoms. The molecule has 0 saturated carbocycles. The third-order valence-corrected chi connectivity index (χ3v) is 2.79. The maximum absolute atomic E-state index is 12.0. The third kappa shape index (κ3) is 3.08. The molecule has 2 rings (SSSR count). The van der Waals surface area contributed by atoms with Crippen LogP contribution in [0.2, 0.25) is 0 Å². The number of hydrogen-bond acceptors (Lipinski definition) is 3. The lowest BCUT2D eigenvalue weighted by atomic mass is 10.2. The maximum Gasteiger partial charge on any atom is 0.255 e. The molecule has 0 unspecified atom stereocenters. The third-order valence-electron chi connectivity index (χ3n) is 2.79. The Balaban J connectivity index is 2.20. The number of amides is 1. The molecule has 98 valence electrons. The predicted molar refractivity (Wildman–Crippen MR) is 74.0 cm³/mol. The first kappa shape index (κ1) is 13.0. The van der Waals surface area contributed by atoms with E-state index in [4.69, 9.17) is 5.73 Å². The summed E-state index contributed by atoms with van der Waals surface area (Å²) >= 11 is 0. The highest BCUT2D eigenvalue weighted by Gasteiger charge is 2.07. The number of aryl methyl sites for hydroxylation is 1. The van der Waals surface area contributed by atoms with E-state index in [9.17, 15) is 9.59 Å². The van der Waals surface area contributed by atoms with Crippen molar-refractivity contribution in [2.75, 3.05) is 5.32 Å². The van der Waals surface area contributed by atoms with Gasteiger partial charge in [0, 0.05) is 37.1 Å². The maximum atomic E-state index is 12.0. The summed E-state index contributed by atoms with van der Waals surface area (Å²) in [4.78, 5) is 23.5. The van der Waals surface area contributed by atoms with Crippen molar-refractivity contribution in [1.29, 1.82) is 0 Å². The van der Waals surface area contributed by atoms with Gasteiger partial charge in [-0.15, -0.1) is 0 Å². The standard InChI is InChI=1S/C14H15N3O2/c1-17-6-5-11(8-13(17)18)14(19)16-12-4-2-3-10(7-12)9-15/h2-8H,9,15H2,1H3,(H,16,19). The minimum Gasteiger partial charge on any atom is -0.326 e. The quantitative estimate of drug-likeness (QED) is 0.864. The van der Waals surface area contributed by atoms with Crippen LogP contribution in [0.1, 0.15) is 15.9 Å². The summed E-state index contributed by atoms with van der Waals surface area (Å²) < 4.78 is 1.41. The van der Waals surface area contributed by atoms with Gasteiger partial charge >= 0.3 is 0 Å². The average Bonchev–Trinajstić information content (AvgIpc) is 2.42. The van der Waals surface area contributed by atoms with E-state index in [0.717, 1.165) is 5.56 Å². The Hall–Kier alpha value is -2.40. The monoisotopic (exact) mass is 257 g/mol. The fourth-order valence-corrected chi connectivity index (χ4v) is 1.67. The largest absolute Gasteiger partial charge is 0.326 e. The lowest BCUT2D eigenvalue weighted by Crippen LogP contribution is -2.20. The second-order valence-electron chi connectivity index (χ2n) is 4.22. The Kier molecular flexibility index (Phi) is 3.77. The molecule has 0 aliphatic heterocycles. The van der Waals surface area contributed by atoms with Crippen LogP contribution in [0.25, 0.3) is 0 Å². The first-order valence-electron chi connectivity index (χ1n) is 5.87. The van der Waals surface area contributed by atoms with Crippen LogP contribution in [0, 0.1) is 0 Å². The van der Waals surface area contributed by atoms with Gasteiger partial charge < -0.3 is 15.6 Å². The summed E-state index contributed by atoms with van der Waals surface area (Å²) in [6.07, 6.45) is 1.56. The molecule has 0 radical (unpaired) electrons. The van der Waals surface area contributed by atoms with Crippen LogP contribution < -0.4 is 16.6 Å². The lowest BCUT2D eigenvalue weighted by molar-refractivity contribution is 0.102. The van der Waals surface area contributed by atoms with Crippen LogP contribution in [0.3, 0.4) is 0 Å². The molecule has 1 amide bonds. The summed E-state index contributed by atoms with van der Waals surface area (Å²) in [7, 11) is 1.63. The highest BCUT2D eigenvalue weighted by atomic mass is 16.2. The van der Waals surface area contributed by atoms with Gasteiger partial charge in [0.05, 0.1) is 0 Å². The second kappa shape index (κ2) is 5.49. The van der Waals surface area contributed by atoms with Crippen molar-refractivity contribution in [2.45, 2.75) is 6.54 Å². The molecule has 0 fully saturated rings. The number of benzene rings is 1. The SMILES string of the molecule is Cn1ccc(C(=O)Nc2cccc(CN)c2)cc1=O. The Morgan fingerprint density at radius 2 is 2.11 bits per heavy atom. The van der Waals surface area contributed by atoms with Crippen molar-refractivity contribution >= 4 is 11.6 Å². The molecule has 19 heavy (non-hydrogen) atoms. The number of rotatable bonds is 3. The van der Waals surface area contributed by atoms with Crippen LogP contribution in [-0.4, -0.2) is 10.5 Å². The Labute approximate surface area is 110 Å². The molecule has 0 aliphatic carbocycles. The molecule has 1 aromatic carbocycles. The zero-order valence-corrected chi connectivity index (χ0v) is 10.6. The van der Waals surface area contributed by atoms with Gasteiger partial charge in [-0.1, -0.05) is 12.1 Å². The smallest absolute Gasteiger partial charge is 0.255 e.